The number of nitrogens with zero attached hydrogens (tertiary/aromatic N) is 3. The molecule has 31 heavy (non-hydrogen) atoms. The topological polar surface area (TPSA) is 83.2 Å². The zero-order valence-corrected chi connectivity index (χ0v) is 17.9. The van der Waals surface area contributed by atoms with E-state index in [1.54, 1.807) is 0 Å². The van der Waals surface area contributed by atoms with Crippen LogP contribution in [0.5, 0.6) is 0 Å². The third kappa shape index (κ3) is 4.67. The van der Waals surface area contributed by atoms with Crippen molar-refractivity contribution in [2.75, 3.05) is 0 Å². The molecule has 1 fully saturated rings. The van der Waals surface area contributed by atoms with Gasteiger partial charge in [-0.15, -0.1) is 0 Å². The molecule has 1 saturated carbocycles. The second-order valence-electron chi connectivity index (χ2n) is 8.65. The van der Waals surface area contributed by atoms with Crippen LogP contribution in [-0.2, 0) is 29.3 Å². The van der Waals surface area contributed by atoms with Crippen molar-refractivity contribution in [1.29, 1.82) is 0 Å². The number of hydrogen-bond acceptors (Lipinski definition) is 5. The number of alkyl halides is 3. The van der Waals surface area contributed by atoms with Crippen LogP contribution in [0.25, 0.3) is 11.0 Å². The van der Waals surface area contributed by atoms with Gasteiger partial charge in [-0.05, 0) is 42.7 Å². The maximum Gasteiger partial charge on any atom is 0.433 e. The lowest BCUT2D eigenvalue weighted by Gasteiger charge is -2.36. The van der Waals surface area contributed by atoms with Crippen molar-refractivity contribution >= 4 is 17.0 Å². The van der Waals surface area contributed by atoms with E-state index in [4.69, 9.17) is 4.74 Å². The Labute approximate surface area is 176 Å². The van der Waals surface area contributed by atoms with Gasteiger partial charge in [0, 0.05) is 7.05 Å². The van der Waals surface area contributed by atoms with Gasteiger partial charge in [0.2, 0.25) is 0 Å². The summed E-state index contributed by atoms with van der Waals surface area (Å²) in [7, 11) is 1.21. The number of aryl methyl sites for hydroxylation is 1. The minimum atomic E-state index is -4.72. The predicted molar refractivity (Wildman–Crippen MR) is 107 cm³/mol. The molecule has 0 radical (unpaired) electrons. The zero-order chi connectivity index (χ0) is 23.1. The Balaban J connectivity index is 1.92. The molecule has 0 aliphatic heterocycles. The number of esters is 1. The van der Waals surface area contributed by atoms with Crippen LogP contribution in [0.15, 0.2) is 21.7 Å². The van der Waals surface area contributed by atoms with Crippen molar-refractivity contribution in [2.45, 2.75) is 58.9 Å². The van der Waals surface area contributed by atoms with Gasteiger partial charge in [-0.1, -0.05) is 27.2 Å². The SMILES string of the molecule is CC1CCC(C(C)C)C(OC(=O)Cn2c(=O)c3ccc(C(F)(F)F)nc3n(C)c2=O)C1. The fourth-order valence-electron chi connectivity index (χ4n) is 4.26. The standard InChI is InChI=1S/C21H26F3N3O4/c1-11(2)13-6-5-12(3)9-15(13)31-17(28)10-27-19(29)14-7-8-16(21(22,23)24)25-18(14)26(4)20(27)30/h7-8,11-13,15H,5-6,9-10H2,1-4H3. The van der Waals surface area contributed by atoms with Crippen LogP contribution in [0.4, 0.5) is 13.2 Å². The second kappa shape index (κ2) is 8.47. The second-order valence-corrected chi connectivity index (χ2v) is 8.65. The molecular formula is C21H26F3N3O4. The lowest BCUT2D eigenvalue weighted by molar-refractivity contribution is -0.156. The molecule has 170 valence electrons. The summed E-state index contributed by atoms with van der Waals surface area (Å²) in [6, 6.07) is 1.64. The van der Waals surface area contributed by atoms with Gasteiger partial charge in [-0.3, -0.25) is 14.2 Å². The van der Waals surface area contributed by atoms with Crippen molar-refractivity contribution < 1.29 is 22.7 Å². The lowest BCUT2D eigenvalue weighted by Crippen LogP contribution is -2.43. The number of pyridine rings is 1. The number of ether oxygens (including phenoxy) is 1. The summed E-state index contributed by atoms with van der Waals surface area (Å²) in [5.74, 6) is 0.192. The average Bonchev–Trinajstić information content (AvgIpc) is 2.68. The van der Waals surface area contributed by atoms with E-state index in [9.17, 15) is 27.6 Å². The summed E-state index contributed by atoms with van der Waals surface area (Å²) in [4.78, 5) is 41.4. The predicted octanol–water partition coefficient (Wildman–Crippen LogP) is 3.12. The molecule has 2 aromatic rings. The zero-order valence-electron chi connectivity index (χ0n) is 17.9. The van der Waals surface area contributed by atoms with Crippen LogP contribution >= 0.6 is 0 Å². The molecule has 3 rings (SSSR count). The summed E-state index contributed by atoms with van der Waals surface area (Å²) in [5.41, 5.74) is -3.42. The number of fused-ring (bicyclic) bond motifs is 1. The van der Waals surface area contributed by atoms with E-state index in [-0.39, 0.29) is 17.4 Å². The van der Waals surface area contributed by atoms with Crippen LogP contribution in [0.3, 0.4) is 0 Å². The first kappa shape index (κ1) is 23.0. The van der Waals surface area contributed by atoms with E-state index in [1.807, 2.05) is 0 Å². The maximum absolute atomic E-state index is 12.9. The number of aromatic nitrogens is 3. The third-order valence-corrected chi connectivity index (χ3v) is 6.01. The Morgan fingerprint density at radius 3 is 2.55 bits per heavy atom. The molecule has 2 heterocycles. The number of rotatable bonds is 4. The first-order valence-corrected chi connectivity index (χ1v) is 10.3. The normalized spacial score (nSPS) is 22.1. The molecule has 1 aliphatic carbocycles. The fourth-order valence-corrected chi connectivity index (χ4v) is 4.26. The highest BCUT2D eigenvalue weighted by Crippen LogP contribution is 2.35. The number of carbonyl (C=O) groups excluding carboxylic acids is 1. The molecule has 2 aromatic heterocycles. The van der Waals surface area contributed by atoms with E-state index in [2.05, 4.69) is 25.8 Å². The minimum Gasteiger partial charge on any atom is -0.461 e. The minimum absolute atomic E-state index is 0.186. The summed E-state index contributed by atoms with van der Waals surface area (Å²) >= 11 is 0. The number of halogens is 3. The fraction of sp³-hybridized carbons (Fsp3) is 0.619. The van der Waals surface area contributed by atoms with Crippen molar-refractivity contribution in [2.24, 2.45) is 24.8 Å². The molecule has 0 bridgehead atoms. The molecule has 0 N–H and O–H groups in total. The molecule has 0 spiro atoms. The molecule has 7 nitrogen and oxygen atoms in total. The van der Waals surface area contributed by atoms with Crippen molar-refractivity contribution in [3.05, 3.63) is 38.7 Å². The molecular weight excluding hydrogens is 415 g/mol. The number of carbonyl (C=O) groups is 1. The molecule has 0 amide bonds. The summed E-state index contributed by atoms with van der Waals surface area (Å²) < 4.78 is 46.0. The first-order valence-electron chi connectivity index (χ1n) is 10.3. The summed E-state index contributed by atoms with van der Waals surface area (Å²) in [6.45, 7) is 5.60. The van der Waals surface area contributed by atoms with Crippen molar-refractivity contribution in [3.8, 4) is 0 Å². The lowest BCUT2D eigenvalue weighted by atomic mass is 9.75. The van der Waals surface area contributed by atoms with Gasteiger partial charge in [0.15, 0.2) is 0 Å². The van der Waals surface area contributed by atoms with Gasteiger partial charge in [0.05, 0.1) is 5.39 Å². The van der Waals surface area contributed by atoms with Gasteiger partial charge in [0.1, 0.15) is 24.0 Å². The molecule has 1 aliphatic rings. The Hall–Kier alpha value is -2.65. The Morgan fingerprint density at radius 2 is 1.94 bits per heavy atom. The van der Waals surface area contributed by atoms with Crippen LogP contribution in [0, 0.1) is 17.8 Å². The Kier molecular flexibility index (Phi) is 6.29. The van der Waals surface area contributed by atoms with E-state index < -0.39 is 41.3 Å². The molecule has 10 heteroatoms. The summed E-state index contributed by atoms with van der Waals surface area (Å²) in [6.07, 6.45) is -2.32. The van der Waals surface area contributed by atoms with Crippen LogP contribution < -0.4 is 11.2 Å². The van der Waals surface area contributed by atoms with Gasteiger partial charge < -0.3 is 4.74 Å². The highest BCUT2D eigenvalue weighted by molar-refractivity contribution is 5.75. The Bertz CT molecular complexity index is 1100. The molecule has 3 unspecified atom stereocenters. The smallest absolute Gasteiger partial charge is 0.433 e. The molecule has 3 atom stereocenters. The maximum atomic E-state index is 12.9. The Morgan fingerprint density at radius 1 is 1.26 bits per heavy atom. The third-order valence-electron chi connectivity index (χ3n) is 6.01. The van der Waals surface area contributed by atoms with Crippen molar-refractivity contribution in [3.63, 3.8) is 0 Å². The van der Waals surface area contributed by atoms with E-state index in [0.717, 1.165) is 23.5 Å². The molecule has 0 saturated heterocycles. The van der Waals surface area contributed by atoms with Gasteiger partial charge in [0.25, 0.3) is 5.56 Å². The van der Waals surface area contributed by atoms with E-state index >= 15 is 0 Å². The monoisotopic (exact) mass is 441 g/mol. The van der Waals surface area contributed by atoms with Crippen LogP contribution in [-0.4, -0.2) is 26.2 Å². The van der Waals surface area contributed by atoms with E-state index in [0.29, 0.717) is 28.9 Å². The van der Waals surface area contributed by atoms with Crippen LogP contribution in [0.1, 0.15) is 45.7 Å². The highest BCUT2D eigenvalue weighted by atomic mass is 19.4. The average molecular weight is 441 g/mol. The first-order chi connectivity index (χ1) is 14.4. The van der Waals surface area contributed by atoms with E-state index in [1.165, 1.54) is 7.05 Å². The number of hydrogen-bond donors (Lipinski definition) is 0. The quantitative estimate of drug-likeness (QED) is 0.681. The van der Waals surface area contributed by atoms with Crippen LogP contribution in [0.2, 0.25) is 0 Å². The molecule has 0 aromatic carbocycles. The van der Waals surface area contributed by atoms with Gasteiger partial charge in [-0.25, -0.2) is 14.3 Å². The van der Waals surface area contributed by atoms with Gasteiger partial charge >= 0.3 is 17.8 Å². The highest BCUT2D eigenvalue weighted by Gasteiger charge is 2.34. The summed E-state index contributed by atoms with van der Waals surface area (Å²) in [5, 5.41) is -0.186. The largest absolute Gasteiger partial charge is 0.461 e. The van der Waals surface area contributed by atoms with Gasteiger partial charge in [-0.2, -0.15) is 13.2 Å². The van der Waals surface area contributed by atoms with Crippen molar-refractivity contribution in [1.82, 2.24) is 14.1 Å².